The summed E-state index contributed by atoms with van der Waals surface area (Å²) in [6.07, 6.45) is -4.65. The lowest BCUT2D eigenvalue weighted by atomic mass is 10.3. The number of hydrogen-bond donors (Lipinski definition) is 0. The lowest BCUT2D eigenvalue weighted by Crippen LogP contribution is -2.19. The third-order valence-corrected chi connectivity index (χ3v) is 1.57. The molecule has 0 saturated carbocycles. The highest BCUT2D eigenvalue weighted by Gasteiger charge is 2.32. The van der Waals surface area contributed by atoms with Gasteiger partial charge in [-0.1, -0.05) is 12.1 Å². The van der Waals surface area contributed by atoms with Crippen molar-refractivity contribution in [3.8, 4) is 5.75 Å². The SMILES string of the molecule is CN(C)c1ccccc1OC(F)(F)F. The molecule has 0 aromatic heterocycles. The Morgan fingerprint density at radius 3 is 2.21 bits per heavy atom. The zero-order valence-electron chi connectivity index (χ0n) is 7.80. The van der Waals surface area contributed by atoms with Crippen LogP contribution in [0.25, 0.3) is 0 Å². The minimum Gasteiger partial charge on any atom is -0.404 e. The van der Waals surface area contributed by atoms with E-state index in [4.69, 9.17) is 0 Å². The van der Waals surface area contributed by atoms with Crippen LogP contribution in [0.3, 0.4) is 0 Å². The third-order valence-electron chi connectivity index (χ3n) is 1.57. The van der Waals surface area contributed by atoms with E-state index in [1.54, 1.807) is 31.1 Å². The zero-order chi connectivity index (χ0) is 10.8. The van der Waals surface area contributed by atoms with Gasteiger partial charge in [0, 0.05) is 14.1 Å². The summed E-state index contributed by atoms with van der Waals surface area (Å²) in [4.78, 5) is 1.56. The van der Waals surface area contributed by atoms with Gasteiger partial charge in [0.2, 0.25) is 0 Å². The van der Waals surface area contributed by atoms with Crippen LogP contribution < -0.4 is 9.64 Å². The monoisotopic (exact) mass is 205 g/mol. The fourth-order valence-corrected chi connectivity index (χ4v) is 1.04. The molecular formula is C9H10F3NO. The Bertz CT molecular complexity index is 309. The minimum absolute atomic E-state index is 0.190. The molecular weight excluding hydrogens is 195 g/mol. The van der Waals surface area contributed by atoms with E-state index in [9.17, 15) is 13.2 Å². The van der Waals surface area contributed by atoms with Gasteiger partial charge in [0.05, 0.1) is 5.69 Å². The predicted molar refractivity (Wildman–Crippen MR) is 47.5 cm³/mol. The zero-order valence-corrected chi connectivity index (χ0v) is 7.80. The number of rotatable bonds is 2. The topological polar surface area (TPSA) is 12.5 Å². The van der Waals surface area contributed by atoms with Crippen molar-refractivity contribution < 1.29 is 17.9 Å². The van der Waals surface area contributed by atoms with Gasteiger partial charge in [0.1, 0.15) is 0 Å². The Labute approximate surface area is 79.9 Å². The summed E-state index contributed by atoms with van der Waals surface area (Å²) in [6, 6.07) is 5.98. The first-order valence-electron chi connectivity index (χ1n) is 3.92. The number of alkyl halides is 3. The Kier molecular flexibility index (Phi) is 2.88. The van der Waals surface area contributed by atoms with Crippen molar-refractivity contribution in [3.05, 3.63) is 24.3 Å². The second-order valence-electron chi connectivity index (χ2n) is 2.91. The van der Waals surface area contributed by atoms with Crippen molar-refractivity contribution in [1.29, 1.82) is 0 Å². The molecule has 0 bridgehead atoms. The van der Waals surface area contributed by atoms with E-state index in [1.807, 2.05) is 0 Å². The van der Waals surface area contributed by atoms with Crippen molar-refractivity contribution in [2.24, 2.45) is 0 Å². The first kappa shape index (κ1) is 10.7. The van der Waals surface area contributed by atoms with Gasteiger partial charge in [-0.15, -0.1) is 13.2 Å². The van der Waals surface area contributed by atoms with Crippen molar-refractivity contribution in [3.63, 3.8) is 0 Å². The smallest absolute Gasteiger partial charge is 0.404 e. The van der Waals surface area contributed by atoms with Crippen LogP contribution in [-0.2, 0) is 0 Å². The van der Waals surface area contributed by atoms with Gasteiger partial charge in [-0.3, -0.25) is 0 Å². The number of halogens is 3. The summed E-state index contributed by atoms with van der Waals surface area (Å²) >= 11 is 0. The maximum absolute atomic E-state index is 11.9. The van der Waals surface area contributed by atoms with Crippen molar-refractivity contribution >= 4 is 5.69 Å². The summed E-state index contributed by atoms with van der Waals surface area (Å²) in [5.41, 5.74) is 0.393. The molecule has 78 valence electrons. The maximum Gasteiger partial charge on any atom is 0.573 e. The highest BCUT2D eigenvalue weighted by molar-refractivity contribution is 5.57. The fraction of sp³-hybridized carbons (Fsp3) is 0.333. The molecule has 0 aliphatic heterocycles. The average molecular weight is 205 g/mol. The molecule has 1 rings (SSSR count). The summed E-state index contributed by atoms with van der Waals surface area (Å²) < 4.78 is 39.7. The van der Waals surface area contributed by atoms with Crippen LogP contribution >= 0.6 is 0 Å². The molecule has 0 spiro atoms. The van der Waals surface area contributed by atoms with Crippen molar-refractivity contribution in [1.82, 2.24) is 0 Å². The first-order valence-corrected chi connectivity index (χ1v) is 3.92. The molecule has 2 nitrogen and oxygen atoms in total. The highest BCUT2D eigenvalue weighted by atomic mass is 19.4. The Hall–Kier alpha value is -1.39. The lowest BCUT2D eigenvalue weighted by Gasteiger charge is -2.18. The van der Waals surface area contributed by atoms with Gasteiger partial charge in [0.25, 0.3) is 0 Å². The second-order valence-corrected chi connectivity index (χ2v) is 2.91. The molecule has 0 N–H and O–H groups in total. The van der Waals surface area contributed by atoms with E-state index >= 15 is 0 Å². The molecule has 0 atom stereocenters. The molecule has 1 aromatic carbocycles. The van der Waals surface area contributed by atoms with E-state index < -0.39 is 6.36 Å². The van der Waals surface area contributed by atoms with Crippen LogP contribution in [0, 0.1) is 0 Å². The van der Waals surface area contributed by atoms with Gasteiger partial charge in [0.15, 0.2) is 5.75 Å². The van der Waals surface area contributed by atoms with Crippen LogP contribution in [0.2, 0.25) is 0 Å². The largest absolute Gasteiger partial charge is 0.573 e. The normalized spacial score (nSPS) is 11.2. The van der Waals surface area contributed by atoms with Crippen LogP contribution in [0.5, 0.6) is 5.75 Å². The minimum atomic E-state index is -4.65. The first-order chi connectivity index (χ1) is 6.40. The van der Waals surface area contributed by atoms with Crippen LogP contribution in [-0.4, -0.2) is 20.5 Å². The molecule has 0 heterocycles. The number of hydrogen-bond acceptors (Lipinski definition) is 2. The molecule has 0 aliphatic rings. The quantitative estimate of drug-likeness (QED) is 0.735. The number of nitrogens with zero attached hydrogens (tertiary/aromatic N) is 1. The molecule has 0 fully saturated rings. The molecule has 0 radical (unpaired) electrons. The van der Waals surface area contributed by atoms with Crippen LogP contribution in [0.4, 0.5) is 18.9 Å². The number of para-hydroxylation sites is 2. The Morgan fingerprint density at radius 1 is 1.14 bits per heavy atom. The van der Waals surface area contributed by atoms with Gasteiger partial charge in [-0.25, -0.2) is 0 Å². The highest BCUT2D eigenvalue weighted by Crippen LogP contribution is 2.31. The van der Waals surface area contributed by atoms with Crippen molar-refractivity contribution in [2.45, 2.75) is 6.36 Å². The van der Waals surface area contributed by atoms with Gasteiger partial charge in [-0.05, 0) is 12.1 Å². The van der Waals surface area contributed by atoms with Gasteiger partial charge < -0.3 is 9.64 Å². The van der Waals surface area contributed by atoms with Gasteiger partial charge >= 0.3 is 6.36 Å². The van der Waals surface area contributed by atoms with E-state index in [0.717, 1.165) is 0 Å². The summed E-state index contributed by atoms with van der Waals surface area (Å²) in [5, 5.41) is 0. The number of anilines is 1. The summed E-state index contributed by atoms with van der Waals surface area (Å²) in [5.74, 6) is -0.190. The van der Waals surface area contributed by atoms with Gasteiger partial charge in [-0.2, -0.15) is 0 Å². The van der Waals surface area contributed by atoms with Crippen LogP contribution in [0.15, 0.2) is 24.3 Å². The Balaban J connectivity index is 2.96. The summed E-state index contributed by atoms with van der Waals surface area (Å²) in [7, 11) is 3.30. The second kappa shape index (κ2) is 3.77. The van der Waals surface area contributed by atoms with Crippen LogP contribution in [0.1, 0.15) is 0 Å². The molecule has 14 heavy (non-hydrogen) atoms. The lowest BCUT2D eigenvalue weighted by molar-refractivity contribution is -0.274. The van der Waals surface area contributed by atoms with Crippen molar-refractivity contribution in [2.75, 3.05) is 19.0 Å². The Morgan fingerprint density at radius 2 is 1.71 bits per heavy atom. The van der Waals surface area contributed by atoms with E-state index in [0.29, 0.717) is 5.69 Å². The maximum atomic E-state index is 11.9. The number of benzene rings is 1. The summed E-state index contributed by atoms with van der Waals surface area (Å²) in [6.45, 7) is 0. The molecule has 0 unspecified atom stereocenters. The average Bonchev–Trinajstić information content (AvgIpc) is 2.01. The molecule has 0 aliphatic carbocycles. The predicted octanol–water partition coefficient (Wildman–Crippen LogP) is 2.65. The fourth-order valence-electron chi connectivity index (χ4n) is 1.04. The van der Waals surface area contributed by atoms with E-state index in [-0.39, 0.29) is 5.75 Å². The van der Waals surface area contributed by atoms with E-state index in [1.165, 1.54) is 12.1 Å². The molecule has 0 amide bonds. The standard InChI is InChI=1S/C9H10F3NO/c1-13(2)7-5-3-4-6-8(7)14-9(10,11)12/h3-6H,1-2H3. The molecule has 0 saturated heterocycles. The third kappa shape index (κ3) is 2.83. The molecule has 1 aromatic rings. The van der Waals surface area contributed by atoms with E-state index in [2.05, 4.69) is 4.74 Å². The number of ether oxygens (including phenoxy) is 1. The molecule has 5 heteroatoms.